The van der Waals surface area contributed by atoms with Gasteiger partial charge in [-0.15, -0.1) is 0 Å². The Morgan fingerprint density at radius 2 is 1.56 bits per heavy atom. The molecule has 0 aliphatic carbocycles. The average Bonchev–Trinajstić information content (AvgIpc) is 2.93. The SMILES string of the molecule is CNC(CCC1CCCCO1)CCC1CCCO1. The third-order valence-electron chi connectivity index (χ3n) is 4.38. The third-order valence-corrected chi connectivity index (χ3v) is 4.38. The molecule has 0 radical (unpaired) electrons. The molecule has 0 spiro atoms. The molecule has 3 unspecified atom stereocenters. The summed E-state index contributed by atoms with van der Waals surface area (Å²) in [6.07, 6.45) is 12.4. The molecule has 2 rings (SSSR count). The molecule has 0 saturated carbocycles. The highest BCUT2D eigenvalue weighted by atomic mass is 16.5. The second kappa shape index (κ2) is 8.13. The Labute approximate surface area is 112 Å². The molecule has 3 atom stereocenters. The van der Waals surface area contributed by atoms with E-state index in [1.807, 2.05) is 0 Å². The molecule has 0 aromatic carbocycles. The van der Waals surface area contributed by atoms with Crippen LogP contribution in [-0.2, 0) is 9.47 Å². The number of hydrogen-bond donors (Lipinski definition) is 1. The van der Waals surface area contributed by atoms with Crippen molar-refractivity contribution in [2.45, 2.75) is 76.0 Å². The van der Waals surface area contributed by atoms with Crippen molar-refractivity contribution in [2.75, 3.05) is 20.3 Å². The van der Waals surface area contributed by atoms with Crippen LogP contribution in [0.2, 0.25) is 0 Å². The fourth-order valence-corrected chi connectivity index (χ4v) is 3.11. The zero-order valence-electron chi connectivity index (χ0n) is 11.8. The zero-order chi connectivity index (χ0) is 12.6. The predicted octanol–water partition coefficient (Wildman–Crippen LogP) is 2.88. The molecule has 0 amide bonds. The van der Waals surface area contributed by atoms with Crippen LogP contribution in [0.3, 0.4) is 0 Å². The maximum absolute atomic E-state index is 5.80. The molecule has 2 aliphatic rings. The first-order valence-electron chi connectivity index (χ1n) is 7.79. The summed E-state index contributed by atoms with van der Waals surface area (Å²) in [7, 11) is 2.09. The van der Waals surface area contributed by atoms with E-state index in [-0.39, 0.29) is 0 Å². The summed E-state index contributed by atoms with van der Waals surface area (Å²) < 4.78 is 11.5. The van der Waals surface area contributed by atoms with Gasteiger partial charge in [0, 0.05) is 19.3 Å². The van der Waals surface area contributed by atoms with Gasteiger partial charge in [0.2, 0.25) is 0 Å². The van der Waals surface area contributed by atoms with E-state index in [0.29, 0.717) is 18.2 Å². The molecule has 2 aliphatic heterocycles. The molecule has 1 N–H and O–H groups in total. The molecule has 0 bridgehead atoms. The van der Waals surface area contributed by atoms with Gasteiger partial charge in [-0.2, -0.15) is 0 Å². The standard InChI is InChI=1S/C15H29NO2/c1-16-13(8-10-15-6-4-12-18-15)7-9-14-5-2-3-11-17-14/h13-16H,2-12H2,1H3. The lowest BCUT2D eigenvalue weighted by atomic mass is 9.98. The van der Waals surface area contributed by atoms with Crippen LogP contribution >= 0.6 is 0 Å². The molecular weight excluding hydrogens is 226 g/mol. The van der Waals surface area contributed by atoms with E-state index < -0.39 is 0 Å². The van der Waals surface area contributed by atoms with Crippen LogP contribution in [0, 0.1) is 0 Å². The van der Waals surface area contributed by atoms with Crippen LogP contribution in [0.15, 0.2) is 0 Å². The Hall–Kier alpha value is -0.120. The molecule has 0 aromatic rings. The third kappa shape index (κ3) is 4.87. The van der Waals surface area contributed by atoms with Gasteiger partial charge in [-0.3, -0.25) is 0 Å². The van der Waals surface area contributed by atoms with E-state index in [1.165, 1.54) is 57.8 Å². The van der Waals surface area contributed by atoms with Crippen LogP contribution in [0.4, 0.5) is 0 Å². The summed E-state index contributed by atoms with van der Waals surface area (Å²) in [5, 5.41) is 3.45. The first-order valence-corrected chi connectivity index (χ1v) is 7.79. The van der Waals surface area contributed by atoms with Crippen molar-refractivity contribution in [2.24, 2.45) is 0 Å². The summed E-state index contributed by atoms with van der Waals surface area (Å²) in [6.45, 7) is 1.95. The van der Waals surface area contributed by atoms with Crippen molar-refractivity contribution in [3.05, 3.63) is 0 Å². The lowest BCUT2D eigenvalue weighted by molar-refractivity contribution is 0.00824. The predicted molar refractivity (Wildman–Crippen MR) is 73.9 cm³/mol. The molecule has 2 saturated heterocycles. The first-order chi connectivity index (χ1) is 8.88. The van der Waals surface area contributed by atoms with Gasteiger partial charge in [0.15, 0.2) is 0 Å². The molecule has 2 fully saturated rings. The Morgan fingerprint density at radius 1 is 0.944 bits per heavy atom. The van der Waals surface area contributed by atoms with Gasteiger partial charge < -0.3 is 14.8 Å². The molecule has 3 nitrogen and oxygen atoms in total. The molecule has 18 heavy (non-hydrogen) atoms. The van der Waals surface area contributed by atoms with E-state index in [9.17, 15) is 0 Å². The van der Waals surface area contributed by atoms with Crippen LogP contribution in [0.1, 0.15) is 57.8 Å². The minimum atomic E-state index is 0.525. The molecule has 0 aromatic heterocycles. The molecular formula is C15H29NO2. The van der Waals surface area contributed by atoms with Gasteiger partial charge in [-0.05, 0) is 64.8 Å². The van der Waals surface area contributed by atoms with E-state index >= 15 is 0 Å². The van der Waals surface area contributed by atoms with E-state index in [0.717, 1.165) is 13.2 Å². The Balaban J connectivity index is 1.58. The van der Waals surface area contributed by atoms with Crippen LogP contribution in [0.5, 0.6) is 0 Å². The number of hydrogen-bond acceptors (Lipinski definition) is 3. The van der Waals surface area contributed by atoms with Gasteiger partial charge in [-0.1, -0.05) is 0 Å². The van der Waals surface area contributed by atoms with Gasteiger partial charge in [0.25, 0.3) is 0 Å². The smallest absolute Gasteiger partial charge is 0.0576 e. The summed E-state index contributed by atoms with van der Waals surface area (Å²) >= 11 is 0. The highest BCUT2D eigenvalue weighted by Crippen LogP contribution is 2.21. The van der Waals surface area contributed by atoms with Gasteiger partial charge in [0.05, 0.1) is 12.2 Å². The number of ether oxygens (including phenoxy) is 2. The summed E-state index contributed by atoms with van der Waals surface area (Å²) in [5.41, 5.74) is 0. The normalized spacial score (nSPS) is 30.5. The topological polar surface area (TPSA) is 30.5 Å². The lowest BCUT2D eigenvalue weighted by Gasteiger charge is -2.25. The zero-order valence-corrected chi connectivity index (χ0v) is 11.8. The maximum Gasteiger partial charge on any atom is 0.0576 e. The summed E-state index contributed by atoms with van der Waals surface area (Å²) in [4.78, 5) is 0. The minimum Gasteiger partial charge on any atom is -0.378 e. The number of nitrogens with one attached hydrogen (secondary N) is 1. The first kappa shape index (κ1) is 14.3. The fraction of sp³-hybridized carbons (Fsp3) is 1.00. The van der Waals surface area contributed by atoms with E-state index in [4.69, 9.17) is 9.47 Å². The maximum atomic E-state index is 5.80. The molecule has 2 heterocycles. The van der Waals surface area contributed by atoms with Crippen LogP contribution in [0.25, 0.3) is 0 Å². The van der Waals surface area contributed by atoms with Crippen molar-refractivity contribution < 1.29 is 9.47 Å². The van der Waals surface area contributed by atoms with Gasteiger partial charge in [-0.25, -0.2) is 0 Å². The fourth-order valence-electron chi connectivity index (χ4n) is 3.11. The van der Waals surface area contributed by atoms with Crippen molar-refractivity contribution in [3.63, 3.8) is 0 Å². The second-order valence-electron chi connectivity index (χ2n) is 5.76. The van der Waals surface area contributed by atoms with Crippen LogP contribution in [-0.4, -0.2) is 38.5 Å². The average molecular weight is 255 g/mol. The Morgan fingerprint density at radius 3 is 2.00 bits per heavy atom. The van der Waals surface area contributed by atoms with Gasteiger partial charge in [0.1, 0.15) is 0 Å². The summed E-state index contributed by atoms with van der Waals surface area (Å²) in [5.74, 6) is 0. The quantitative estimate of drug-likeness (QED) is 0.759. The van der Waals surface area contributed by atoms with Crippen molar-refractivity contribution in [1.29, 1.82) is 0 Å². The minimum absolute atomic E-state index is 0.525. The molecule has 106 valence electrons. The van der Waals surface area contributed by atoms with E-state index in [2.05, 4.69) is 12.4 Å². The largest absolute Gasteiger partial charge is 0.378 e. The Bertz CT molecular complexity index is 211. The van der Waals surface area contributed by atoms with E-state index in [1.54, 1.807) is 0 Å². The van der Waals surface area contributed by atoms with Gasteiger partial charge >= 0.3 is 0 Å². The Kier molecular flexibility index (Phi) is 6.46. The van der Waals surface area contributed by atoms with Crippen molar-refractivity contribution in [1.82, 2.24) is 5.32 Å². The van der Waals surface area contributed by atoms with Crippen molar-refractivity contribution >= 4 is 0 Å². The summed E-state index contributed by atoms with van der Waals surface area (Å²) in [6, 6.07) is 0.639. The van der Waals surface area contributed by atoms with Crippen molar-refractivity contribution in [3.8, 4) is 0 Å². The lowest BCUT2D eigenvalue weighted by Crippen LogP contribution is -2.29. The molecule has 3 heteroatoms. The highest BCUT2D eigenvalue weighted by molar-refractivity contribution is 4.73. The van der Waals surface area contributed by atoms with Crippen LogP contribution < -0.4 is 5.32 Å². The monoisotopic (exact) mass is 255 g/mol. The second-order valence-corrected chi connectivity index (χ2v) is 5.76. The number of rotatable bonds is 7. The highest BCUT2D eigenvalue weighted by Gasteiger charge is 2.19.